The number of rotatable bonds is 6. The van der Waals surface area contributed by atoms with Gasteiger partial charge in [-0.1, -0.05) is 36.5 Å². The Kier molecular flexibility index (Phi) is 5.45. The fraction of sp³-hybridized carbons (Fsp3) is 0.167. The normalized spacial score (nSPS) is 11.5. The Morgan fingerprint density at radius 1 is 1.04 bits per heavy atom. The largest absolute Gasteiger partial charge is 0.249 e. The quantitative estimate of drug-likeness (QED) is 0.378. The Morgan fingerprint density at radius 2 is 1.56 bits per heavy atom. The van der Waals surface area contributed by atoms with Crippen LogP contribution >= 0.6 is 12.2 Å². The zero-order valence-electron chi connectivity index (χ0n) is 13.7. The highest BCUT2D eigenvalue weighted by Gasteiger charge is 2.17. The topological polar surface area (TPSA) is 30.7 Å². The predicted octanol–water partition coefficient (Wildman–Crippen LogP) is 3.21. The lowest BCUT2D eigenvalue weighted by Gasteiger charge is -2.18. The lowest BCUT2D eigenvalue weighted by Crippen LogP contribution is -2.20. The van der Waals surface area contributed by atoms with E-state index in [1.54, 1.807) is 24.3 Å². The first kappa shape index (κ1) is 17.6. The van der Waals surface area contributed by atoms with Crippen molar-refractivity contribution in [2.75, 3.05) is 0 Å². The van der Waals surface area contributed by atoms with Gasteiger partial charge < -0.3 is 0 Å². The lowest BCUT2D eigenvalue weighted by molar-refractivity contribution is 0.626. The fourth-order valence-corrected chi connectivity index (χ4v) is 5.07. The molecule has 3 nitrogen and oxygen atoms in total. The number of thiocarbonyl (C=S) groups is 1. The monoisotopic (exact) mass is 373 g/mol. The van der Waals surface area contributed by atoms with Crippen molar-refractivity contribution in [3.63, 3.8) is 0 Å². The zero-order valence-corrected chi connectivity index (χ0v) is 15.9. The van der Waals surface area contributed by atoms with E-state index in [9.17, 15) is 8.78 Å². The van der Waals surface area contributed by atoms with Crippen molar-refractivity contribution in [3.05, 3.63) is 83.4 Å². The first-order valence-corrected chi connectivity index (χ1v) is 10.2. The molecule has 0 aliphatic heterocycles. The van der Waals surface area contributed by atoms with Crippen LogP contribution in [-0.2, 0) is 6.17 Å². The highest BCUT2D eigenvalue weighted by molar-refractivity contribution is 7.80. The van der Waals surface area contributed by atoms with Gasteiger partial charge in [-0.3, -0.25) is 0 Å². The van der Waals surface area contributed by atoms with E-state index in [4.69, 9.17) is 12.2 Å². The molecule has 0 unspecified atom stereocenters. The second-order valence-electron chi connectivity index (χ2n) is 5.81. The van der Waals surface area contributed by atoms with E-state index in [0.717, 1.165) is 17.3 Å². The molecule has 0 aliphatic carbocycles. The summed E-state index contributed by atoms with van der Waals surface area (Å²) in [6.07, 6.45) is 2.24. The van der Waals surface area contributed by atoms with Gasteiger partial charge in [-0.15, -0.1) is 0 Å². The van der Waals surface area contributed by atoms with Gasteiger partial charge in [-0.05, 0) is 47.9 Å². The van der Waals surface area contributed by atoms with Crippen LogP contribution in [0.4, 0.5) is 8.78 Å². The van der Waals surface area contributed by atoms with Crippen molar-refractivity contribution in [2.24, 2.45) is 0 Å². The van der Waals surface area contributed by atoms with Crippen LogP contribution < -0.4 is 0 Å². The third kappa shape index (κ3) is 4.24. The molecule has 0 spiro atoms. The summed E-state index contributed by atoms with van der Waals surface area (Å²) in [5, 5.41) is 4.26. The van der Waals surface area contributed by atoms with Gasteiger partial charge in [0.25, 0.3) is 0 Å². The molecule has 0 atom stereocenters. The van der Waals surface area contributed by atoms with Crippen molar-refractivity contribution >= 4 is 26.6 Å². The fourth-order valence-electron chi connectivity index (χ4n) is 2.87. The van der Waals surface area contributed by atoms with Crippen LogP contribution in [0, 0.1) is 11.6 Å². The molecule has 0 fully saturated rings. The molecule has 128 valence electrons. The maximum atomic E-state index is 13.3. The van der Waals surface area contributed by atoms with E-state index >= 15 is 0 Å². The molecule has 0 saturated heterocycles. The van der Waals surface area contributed by atoms with Crippen LogP contribution in [0.1, 0.15) is 29.4 Å². The van der Waals surface area contributed by atoms with Gasteiger partial charge >= 0.3 is 0 Å². The number of benzene rings is 2. The second-order valence-corrected chi connectivity index (χ2v) is 8.26. The van der Waals surface area contributed by atoms with Gasteiger partial charge in [0.1, 0.15) is 18.0 Å². The Bertz CT molecular complexity index is 817. The molecule has 3 aromatic rings. The highest BCUT2D eigenvalue weighted by Crippen LogP contribution is 2.24. The van der Waals surface area contributed by atoms with E-state index < -0.39 is 9.52 Å². The number of hydrogen-bond acceptors (Lipinski definition) is 3. The molecule has 7 heteroatoms. The summed E-state index contributed by atoms with van der Waals surface area (Å²) in [4.78, 5) is 4.90. The molecular weight excluding hydrogens is 356 g/mol. The average Bonchev–Trinajstić information content (AvgIpc) is 3.07. The van der Waals surface area contributed by atoms with Crippen molar-refractivity contribution in [3.8, 4) is 0 Å². The molecule has 25 heavy (non-hydrogen) atoms. The summed E-state index contributed by atoms with van der Waals surface area (Å²) >= 11 is 5.21. The minimum atomic E-state index is -0.762. The van der Waals surface area contributed by atoms with Gasteiger partial charge in [0, 0.05) is 6.17 Å². The van der Waals surface area contributed by atoms with E-state index in [1.807, 2.05) is 11.6 Å². The maximum Gasteiger partial charge on any atom is 0.164 e. The summed E-state index contributed by atoms with van der Waals surface area (Å²) in [5.41, 5.74) is 2.18. The van der Waals surface area contributed by atoms with E-state index in [2.05, 4.69) is 10.1 Å². The Labute approximate surface area is 152 Å². The van der Waals surface area contributed by atoms with Gasteiger partial charge in [-0.2, -0.15) is 5.10 Å². The van der Waals surface area contributed by atoms with Crippen LogP contribution in [0.5, 0.6) is 0 Å². The minimum Gasteiger partial charge on any atom is -0.249 e. The average molecular weight is 374 g/mol. The van der Waals surface area contributed by atoms with E-state index in [-0.39, 0.29) is 17.2 Å². The maximum absolute atomic E-state index is 13.3. The molecule has 3 rings (SSSR count). The first-order valence-electron chi connectivity index (χ1n) is 7.94. The van der Waals surface area contributed by atoms with Gasteiger partial charge in [-0.25, -0.2) is 18.4 Å². The Hall–Kier alpha value is -2.25. The molecule has 0 N–H and O–H groups in total. The molecule has 0 bridgehead atoms. The Balaban J connectivity index is 1.88. The van der Waals surface area contributed by atoms with Gasteiger partial charge in [0.15, 0.2) is 5.82 Å². The van der Waals surface area contributed by atoms with Gasteiger partial charge in [0.05, 0.1) is 14.4 Å². The summed E-state index contributed by atoms with van der Waals surface area (Å²) in [6.45, 7) is 1.83. The van der Waals surface area contributed by atoms with E-state index in [0.29, 0.717) is 10.7 Å². The standard InChI is InChI=1S/C18H17F2N3SSi/c1-12(24)18-21-10-22-23(18)11-25-17(13-2-6-15(19)7-3-13)14-4-8-16(20)9-5-14/h2-10,17H,11,25H2,1H3. The summed E-state index contributed by atoms with van der Waals surface area (Å²) < 4.78 is 28.4. The van der Waals surface area contributed by atoms with Crippen LogP contribution in [0.15, 0.2) is 54.9 Å². The van der Waals surface area contributed by atoms with Crippen LogP contribution in [0.25, 0.3) is 0 Å². The SMILES string of the molecule is CC(=S)c1ncnn1C[SiH2]C(c1ccc(F)cc1)c1ccc(F)cc1. The second kappa shape index (κ2) is 7.75. The highest BCUT2D eigenvalue weighted by atomic mass is 32.1. The molecular formula is C18H17F2N3SSi. The molecule has 0 saturated carbocycles. The molecule has 1 heterocycles. The number of aromatic nitrogens is 3. The third-order valence-corrected chi connectivity index (χ3v) is 6.49. The van der Waals surface area contributed by atoms with Crippen LogP contribution in [0.2, 0.25) is 0 Å². The molecule has 0 radical (unpaired) electrons. The summed E-state index contributed by atoms with van der Waals surface area (Å²) in [5.74, 6) is 0.177. The lowest BCUT2D eigenvalue weighted by atomic mass is 10.0. The van der Waals surface area contributed by atoms with E-state index in [1.165, 1.54) is 30.6 Å². The summed E-state index contributed by atoms with van der Waals surface area (Å²) in [6, 6.07) is 13.0. The summed E-state index contributed by atoms with van der Waals surface area (Å²) in [7, 11) is -0.762. The van der Waals surface area contributed by atoms with Crippen molar-refractivity contribution in [2.45, 2.75) is 18.6 Å². The van der Waals surface area contributed by atoms with Crippen molar-refractivity contribution < 1.29 is 8.78 Å². The molecule has 1 aromatic heterocycles. The minimum absolute atomic E-state index is 0.128. The Morgan fingerprint density at radius 3 is 2.04 bits per heavy atom. The molecule has 0 aliphatic rings. The number of nitrogens with zero attached hydrogens (tertiary/aromatic N) is 3. The smallest absolute Gasteiger partial charge is 0.164 e. The van der Waals surface area contributed by atoms with Crippen LogP contribution in [0.3, 0.4) is 0 Å². The first-order chi connectivity index (χ1) is 12.0. The van der Waals surface area contributed by atoms with Crippen LogP contribution in [-0.4, -0.2) is 29.1 Å². The van der Waals surface area contributed by atoms with Gasteiger partial charge in [0.2, 0.25) is 0 Å². The zero-order chi connectivity index (χ0) is 17.8. The van der Waals surface area contributed by atoms with Crippen molar-refractivity contribution in [1.29, 1.82) is 0 Å². The number of halogens is 2. The number of hydrogen-bond donors (Lipinski definition) is 0. The molecule has 0 amide bonds. The molecule has 2 aromatic carbocycles. The predicted molar refractivity (Wildman–Crippen MR) is 101 cm³/mol. The van der Waals surface area contributed by atoms with Crippen molar-refractivity contribution in [1.82, 2.24) is 14.8 Å². The third-order valence-electron chi connectivity index (χ3n) is 4.10.